The maximum atomic E-state index is 10.6. The average Bonchev–Trinajstić information content (AvgIpc) is 2.47. The number of hydrogen-bond donors (Lipinski definition) is 1. The molecule has 20 heavy (non-hydrogen) atoms. The van der Waals surface area contributed by atoms with Crippen molar-refractivity contribution in [3.8, 4) is 0 Å². The molecule has 0 unspecified atom stereocenters. The summed E-state index contributed by atoms with van der Waals surface area (Å²) in [6, 6.07) is 6.92. The summed E-state index contributed by atoms with van der Waals surface area (Å²) in [4.78, 5) is 12.7. The largest absolute Gasteiger partial charge is 0.319 e. The number of nitro groups is 1. The van der Waals surface area contributed by atoms with E-state index in [0.29, 0.717) is 0 Å². The Labute approximate surface area is 120 Å². The van der Waals surface area contributed by atoms with Crippen LogP contribution < -0.4 is 5.32 Å². The lowest BCUT2D eigenvalue weighted by atomic mass is 9.96. The van der Waals surface area contributed by atoms with Crippen molar-refractivity contribution in [2.24, 2.45) is 5.92 Å². The topological polar surface area (TPSA) is 58.4 Å². The van der Waals surface area contributed by atoms with Crippen LogP contribution in [0.15, 0.2) is 24.3 Å². The highest BCUT2D eigenvalue weighted by Gasteiger charge is 2.18. The first-order valence-electron chi connectivity index (χ1n) is 7.29. The number of hydrogen-bond acceptors (Lipinski definition) is 4. The highest BCUT2D eigenvalue weighted by atomic mass is 16.6. The van der Waals surface area contributed by atoms with E-state index >= 15 is 0 Å². The van der Waals surface area contributed by atoms with Crippen molar-refractivity contribution in [3.05, 3.63) is 39.9 Å². The van der Waals surface area contributed by atoms with Gasteiger partial charge in [0.2, 0.25) is 0 Å². The molecule has 5 heteroatoms. The monoisotopic (exact) mass is 277 g/mol. The van der Waals surface area contributed by atoms with E-state index in [0.717, 1.165) is 25.4 Å². The first kappa shape index (κ1) is 14.9. The summed E-state index contributed by atoms with van der Waals surface area (Å²) in [5, 5.41) is 13.8. The highest BCUT2D eigenvalue weighted by Crippen LogP contribution is 2.17. The third-order valence-electron chi connectivity index (χ3n) is 4.06. The molecule has 1 aromatic carbocycles. The summed E-state index contributed by atoms with van der Waals surface area (Å²) in [5.41, 5.74) is 1.34. The number of benzene rings is 1. The van der Waals surface area contributed by atoms with Crippen molar-refractivity contribution < 1.29 is 4.92 Å². The molecule has 1 aliphatic rings. The number of nitrogens with zero attached hydrogens (tertiary/aromatic N) is 2. The Balaban J connectivity index is 1.74. The molecule has 0 aromatic heterocycles. The van der Waals surface area contributed by atoms with Crippen molar-refractivity contribution in [2.75, 3.05) is 33.2 Å². The molecule has 0 aliphatic carbocycles. The molecule has 1 fully saturated rings. The molecule has 0 amide bonds. The van der Waals surface area contributed by atoms with Crippen molar-refractivity contribution in [3.63, 3.8) is 0 Å². The van der Waals surface area contributed by atoms with Crippen LogP contribution in [0.4, 0.5) is 5.69 Å². The van der Waals surface area contributed by atoms with E-state index in [9.17, 15) is 10.1 Å². The summed E-state index contributed by atoms with van der Waals surface area (Å²) >= 11 is 0. The quantitative estimate of drug-likeness (QED) is 0.639. The van der Waals surface area contributed by atoms with Gasteiger partial charge in [0.05, 0.1) is 4.92 Å². The van der Waals surface area contributed by atoms with E-state index < -0.39 is 0 Å². The Bertz CT molecular complexity index is 425. The van der Waals surface area contributed by atoms with Gasteiger partial charge < -0.3 is 10.2 Å². The average molecular weight is 277 g/mol. The fraction of sp³-hybridized carbons (Fsp3) is 0.600. The molecule has 0 atom stereocenters. The Morgan fingerprint density at radius 2 is 1.95 bits per heavy atom. The van der Waals surface area contributed by atoms with Gasteiger partial charge in [0.1, 0.15) is 0 Å². The second-order valence-corrected chi connectivity index (χ2v) is 5.52. The van der Waals surface area contributed by atoms with Crippen LogP contribution in [-0.2, 0) is 6.42 Å². The van der Waals surface area contributed by atoms with Gasteiger partial charge in [-0.05, 0) is 57.4 Å². The molecule has 1 saturated heterocycles. The van der Waals surface area contributed by atoms with Crippen molar-refractivity contribution in [1.29, 1.82) is 0 Å². The molecule has 1 N–H and O–H groups in total. The van der Waals surface area contributed by atoms with Crippen LogP contribution in [0.5, 0.6) is 0 Å². The molecule has 2 rings (SSSR count). The zero-order valence-electron chi connectivity index (χ0n) is 12.0. The second-order valence-electron chi connectivity index (χ2n) is 5.52. The van der Waals surface area contributed by atoms with Gasteiger partial charge in [-0.2, -0.15) is 0 Å². The fourth-order valence-corrected chi connectivity index (χ4v) is 2.77. The van der Waals surface area contributed by atoms with Gasteiger partial charge in [-0.3, -0.25) is 10.1 Å². The minimum Gasteiger partial charge on any atom is -0.319 e. The van der Waals surface area contributed by atoms with Gasteiger partial charge in [0, 0.05) is 18.7 Å². The van der Waals surface area contributed by atoms with Crippen LogP contribution >= 0.6 is 0 Å². The van der Waals surface area contributed by atoms with Crippen LogP contribution in [0.1, 0.15) is 18.4 Å². The Morgan fingerprint density at radius 3 is 2.50 bits per heavy atom. The first-order valence-corrected chi connectivity index (χ1v) is 7.29. The minimum absolute atomic E-state index is 0.168. The van der Waals surface area contributed by atoms with Crippen LogP contribution in [0, 0.1) is 16.0 Å². The van der Waals surface area contributed by atoms with Crippen molar-refractivity contribution in [2.45, 2.75) is 19.3 Å². The summed E-state index contributed by atoms with van der Waals surface area (Å²) in [6.07, 6.45) is 3.50. The summed E-state index contributed by atoms with van der Waals surface area (Å²) in [5.74, 6) is 0.815. The van der Waals surface area contributed by atoms with Crippen LogP contribution in [0.2, 0.25) is 0 Å². The number of rotatable bonds is 6. The molecule has 1 aliphatic heterocycles. The maximum Gasteiger partial charge on any atom is 0.269 e. The molecule has 0 spiro atoms. The van der Waals surface area contributed by atoms with Gasteiger partial charge in [-0.15, -0.1) is 0 Å². The first-order chi connectivity index (χ1) is 9.69. The van der Waals surface area contributed by atoms with Gasteiger partial charge in [-0.1, -0.05) is 12.1 Å². The van der Waals surface area contributed by atoms with Gasteiger partial charge in [0.15, 0.2) is 0 Å². The van der Waals surface area contributed by atoms with Crippen LogP contribution in [0.25, 0.3) is 0 Å². The third-order valence-corrected chi connectivity index (χ3v) is 4.06. The van der Waals surface area contributed by atoms with Gasteiger partial charge >= 0.3 is 0 Å². The molecule has 1 aromatic rings. The predicted octanol–water partition coefficient (Wildman–Crippen LogP) is 2.07. The summed E-state index contributed by atoms with van der Waals surface area (Å²) in [6.45, 7) is 4.50. The SMILES string of the molecule is CNCC1CCN(CCc2ccc([N+](=O)[O-])cc2)CC1. The Kier molecular flexibility index (Phi) is 5.49. The molecule has 5 nitrogen and oxygen atoms in total. The molecular formula is C15H23N3O2. The second kappa shape index (κ2) is 7.36. The number of piperidine rings is 1. The van der Waals surface area contributed by atoms with E-state index in [1.807, 2.05) is 19.2 Å². The minimum atomic E-state index is -0.351. The highest BCUT2D eigenvalue weighted by molar-refractivity contribution is 5.32. The molecule has 0 bridgehead atoms. The van der Waals surface area contributed by atoms with Gasteiger partial charge in [0.25, 0.3) is 5.69 Å². The maximum absolute atomic E-state index is 10.6. The van der Waals surface area contributed by atoms with Crippen LogP contribution in [-0.4, -0.2) is 43.0 Å². The zero-order valence-corrected chi connectivity index (χ0v) is 12.0. The van der Waals surface area contributed by atoms with Crippen molar-refractivity contribution >= 4 is 5.69 Å². The molecule has 110 valence electrons. The van der Waals surface area contributed by atoms with E-state index in [2.05, 4.69) is 10.2 Å². The van der Waals surface area contributed by atoms with E-state index in [4.69, 9.17) is 0 Å². The summed E-state index contributed by atoms with van der Waals surface area (Å²) < 4.78 is 0. The lowest BCUT2D eigenvalue weighted by molar-refractivity contribution is -0.384. The molecule has 0 radical (unpaired) electrons. The summed E-state index contributed by atoms with van der Waals surface area (Å²) in [7, 11) is 2.01. The van der Waals surface area contributed by atoms with Crippen molar-refractivity contribution in [1.82, 2.24) is 10.2 Å². The fourth-order valence-electron chi connectivity index (χ4n) is 2.77. The zero-order chi connectivity index (χ0) is 14.4. The third kappa shape index (κ3) is 4.28. The number of nitrogens with one attached hydrogen (secondary N) is 1. The normalized spacial score (nSPS) is 17.2. The van der Waals surface area contributed by atoms with E-state index in [1.165, 1.54) is 31.5 Å². The molecule has 1 heterocycles. The lowest BCUT2D eigenvalue weighted by Crippen LogP contribution is -2.37. The number of nitro benzene ring substituents is 1. The number of likely N-dealkylation sites (tertiary alicyclic amines) is 1. The Hall–Kier alpha value is -1.46. The smallest absolute Gasteiger partial charge is 0.269 e. The van der Waals surface area contributed by atoms with E-state index in [1.54, 1.807) is 12.1 Å². The molecule has 0 saturated carbocycles. The predicted molar refractivity (Wildman–Crippen MR) is 79.9 cm³/mol. The van der Waals surface area contributed by atoms with Crippen LogP contribution in [0.3, 0.4) is 0 Å². The standard InChI is InChI=1S/C15H23N3O2/c1-16-12-14-7-10-17(11-8-14)9-6-13-2-4-15(5-3-13)18(19)20/h2-5,14,16H,6-12H2,1H3. The van der Waals surface area contributed by atoms with Gasteiger partial charge in [-0.25, -0.2) is 0 Å². The van der Waals surface area contributed by atoms with E-state index in [-0.39, 0.29) is 10.6 Å². The molecular weight excluding hydrogens is 254 g/mol. The number of non-ortho nitro benzene ring substituents is 1. The Morgan fingerprint density at radius 1 is 1.30 bits per heavy atom. The lowest BCUT2D eigenvalue weighted by Gasteiger charge is -2.31.